The minimum Gasteiger partial charge on any atom is -0.481 e. The lowest BCUT2D eigenvalue weighted by molar-refractivity contribution is -0.139. The zero-order valence-corrected chi connectivity index (χ0v) is 17.8. The molecule has 0 amide bonds. The molecule has 5 N–H and O–H groups in total. The quantitative estimate of drug-likeness (QED) is 0.296. The number of nitrogens with zero attached hydrogens (tertiary/aromatic N) is 1. The molecule has 0 spiro atoms. The van der Waals surface area contributed by atoms with Crippen molar-refractivity contribution in [3.05, 3.63) is 0 Å². The largest absolute Gasteiger partial charge is 0.481 e. The minimum absolute atomic E-state index is 0.0680. The van der Waals surface area contributed by atoms with Crippen molar-refractivity contribution in [3.63, 3.8) is 0 Å². The van der Waals surface area contributed by atoms with E-state index in [2.05, 4.69) is 40.1 Å². The molecule has 1 heterocycles. The maximum atomic E-state index is 11.5. The van der Waals surface area contributed by atoms with E-state index in [0.717, 1.165) is 32.4 Å². The molecule has 0 aromatic heterocycles. The molecule has 7 nitrogen and oxygen atoms in total. The Balaban J connectivity index is 2.70. The summed E-state index contributed by atoms with van der Waals surface area (Å²) in [7, 11) is 0. The van der Waals surface area contributed by atoms with E-state index in [-0.39, 0.29) is 6.42 Å². The second kappa shape index (κ2) is 12.2. The lowest BCUT2D eigenvalue weighted by Crippen LogP contribution is -2.82. The zero-order chi connectivity index (χ0) is 20.2. The van der Waals surface area contributed by atoms with Gasteiger partial charge in [0.1, 0.15) is 0 Å². The predicted octanol–water partition coefficient (Wildman–Crippen LogP) is 3.13. The number of carbonyl (C=O) groups is 1. The van der Waals surface area contributed by atoms with Gasteiger partial charge in [0.05, 0.1) is 12.1 Å². The van der Waals surface area contributed by atoms with Crippen molar-refractivity contribution in [2.75, 3.05) is 13.1 Å². The van der Waals surface area contributed by atoms with Gasteiger partial charge < -0.3 is 15.7 Å². The van der Waals surface area contributed by atoms with Crippen LogP contribution in [0.15, 0.2) is 4.99 Å². The van der Waals surface area contributed by atoms with Crippen LogP contribution in [0.5, 0.6) is 0 Å². The number of guanidine groups is 1. The average molecular weight is 384 g/mol. The third-order valence-electron chi connectivity index (χ3n) is 4.69. The second-order valence-electron chi connectivity index (χ2n) is 8.11. The van der Waals surface area contributed by atoms with E-state index in [4.69, 9.17) is 0 Å². The fourth-order valence-electron chi connectivity index (χ4n) is 3.43. The van der Waals surface area contributed by atoms with Crippen LogP contribution >= 0.6 is 0 Å². The second-order valence-corrected chi connectivity index (χ2v) is 8.11. The monoisotopic (exact) mass is 383 g/mol. The predicted molar refractivity (Wildman–Crippen MR) is 112 cm³/mol. The van der Waals surface area contributed by atoms with Crippen LogP contribution in [0, 0.1) is 0 Å². The van der Waals surface area contributed by atoms with Crippen LogP contribution in [-0.4, -0.2) is 41.6 Å². The van der Waals surface area contributed by atoms with E-state index in [1.165, 1.54) is 38.5 Å². The topological polar surface area (TPSA) is 97.8 Å². The molecule has 1 rings (SSSR count). The van der Waals surface area contributed by atoms with E-state index in [1.54, 1.807) is 0 Å². The Morgan fingerprint density at radius 1 is 1.00 bits per heavy atom. The van der Waals surface area contributed by atoms with Gasteiger partial charge in [-0.2, -0.15) is 0 Å². The molecule has 0 aliphatic carbocycles. The van der Waals surface area contributed by atoms with E-state index >= 15 is 0 Å². The lowest BCUT2D eigenvalue weighted by atomic mass is 10.1. The minimum atomic E-state index is -0.895. The number of aliphatic imine (C=N–C) groups is 1. The zero-order valence-electron chi connectivity index (χ0n) is 17.8. The molecule has 1 aliphatic heterocycles. The van der Waals surface area contributed by atoms with Crippen molar-refractivity contribution in [2.24, 2.45) is 4.99 Å². The van der Waals surface area contributed by atoms with Gasteiger partial charge in [0, 0.05) is 6.54 Å². The molecule has 0 radical (unpaired) electrons. The van der Waals surface area contributed by atoms with Crippen LogP contribution in [0.25, 0.3) is 0 Å². The highest BCUT2D eigenvalue weighted by molar-refractivity contribution is 5.83. The Morgan fingerprint density at radius 3 is 2.26 bits per heavy atom. The fraction of sp³-hybridized carbons (Fsp3) is 0.900. The summed E-state index contributed by atoms with van der Waals surface area (Å²) >= 11 is 0. The van der Waals surface area contributed by atoms with Gasteiger partial charge in [-0.25, -0.2) is 0 Å². The summed E-state index contributed by atoms with van der Waals surface area (Å²) in [5, 5.41) is 22.8. The van der Waals surface area contributed by atoms with E-state index in [1.807, 2.05) is 13.8 Å². The van der Waals surface area contributed by atoms with Crippen molar-refractivity contribution in [2.45, 2.75) is 103 Å². The van der Waals surface area contributed by atoms with Gasteiger partial charge in [-0.15, -0.1) is 0 Å². The normalized spacial score (nSPS) is 23.0. The number of carboxylic acid groups (broad SMARTS) is 1. The van der Waals surface area contributed by atoms with Gasteiger partial charge in [0.25, 0.3) is 0 Å². The Hall–Kier alpha value is -1.34. The number of nitrogens with one attached hydrogen (secondary N) is 4. The first kappa shape index (κ1) is 23.7. The van der Waals surface area contributed by atoms with Crippen LogP contribution in [-0.2, 0) is 4.79 Å². The van der Waals surface area contributed by atoms with Crippen LogP contribution in [0.4, 0.5) is 0 Å². The van der Waals surface area contributed by atoms with Crippen LogP contribution in [0.1, 0.15) is 91.9 Å². The molecule has 0 saturated carbocycles. The van der Waals surface area contributed by atoms with Crippen molar-refractivity contribution in [3.8, 4) is 0 Å². The Morgan fingerprint density at radius 2 is 1.63 bits per heavy atom. The summed E-state index contributed by atoms with van der Waals surface area (Å²) in [4.78, 5) is 16.2. The summed E-state index contributed by atoms with van der Waals surface area (Å²) in [6.07, 6.45) is 10.5. The molecule has 1 aliphatic rings. The molecule has 0 bridgehead atoms. The van der Waals surface area contributed by atoms with Crippen LogP contribution in [0.2, 0.25) is 0 Å². The maximum Gasteiger partial charge on any atom is 0.308 e. The molecule has 0 aromatic rings. The highest BCUT2D eigenvalue weighted by Gasteiger charge is 2.42. The van der Waals surface area contributed by atoms with Gasteiger partial charge in [0.15, 0.2) is 11.7 Å². The maximum absolute atomic E-state index is 11.5. The molecule has 158 valence electrons. The van der Waals surface area contributed by atoms with E-state index < -0.39 is 17.4 Å². The molecular formula is C20H41N5O2. The van der Waals surface area contributed by atoms with Crippen molar-refractivity contribution in [1.82, 2.24) is 21.3 Å². The number of unbranched alkanes of at least 4 members (excludes halogenated alkanes) is 7. The standard InChI is InChI=1S/C20H41N5O2/c1-5-7-9-11-12-14-21-18-23-19(3,4)25-20(24-18,16-17(26)27)22-15-13-10-8-6-2/h22,25H,5-16H2,1-4H3,(H,26,27)(H2,21,23,24). The molecule has 1 atom stereocenters. The van der Waals surface area contributed by atoms with E-state index in [9.17, 15) is 9.90 Å². The summed E-state index contributed by atoms with van der Waals surface area (Å²) in [6.45, 7) is 9.90. The smallest absolute Gasteiger partial charge is 0.308 e. The number of carboxylic acids is 1. The summed E-state index contributed by atoms with van der Waals surface area (Å²) in [5.74, 6) is -1.09. The van der Waals surface area contributed by atoms with Gasteiger partial charge in [-0.05, 0) is 33.2 Å². The molecule has 0 aromatic carbocycles. The highest BCUT2D eigenvalue weighted by Crippen LogP contribution is 2.15. The van der Waals surface area contributed by atoms with Crippen LogP contribution in [0.3, 0.4) is 0 Å². The van der Waals surface area contributed by atoms with Crippen molar-refractivity contribution < 1.29 is 9.90 Å². The SMILES string of the molecule is CCCCCCCN=C1NC(C)(C)NC(CC(=O)O)(NCCCCCC)N1. The van der Waals surface area contributed by atoms with Gasteiger partial charge in [-0.3, -0.25) is 20.4 Å². The van der Waals surface area contributed by atoms with Crippen molar-refractivity contribution in [1.29, 1.82) is 0 Å². The molecule has 1 unspecified atom stereocenters. The Labute approximate surface area is 165 Å². The number of hydrogen-bond donors (Lipinski definition) is 5. The first-order chi connectivity index (χ1) is 12.8. The molecule has 27 heavy (non-hydrogen) atoms. The summed E-state index contributed by atoms with van der Waals surface area (Å²) < 4.78 is 0. The molecule has 1 fully saturated rings. The third kappa shape index (κ3) is 9.96. The lowest BCUT2D eigenvalue weighted by Gasteiger charge is -2.48. The first-order valence-corrected chi connectivity index (χ1v) is 10.7. The summed E-state index contributed by atoms with van der Waals surface area (Å²) in [6, 6.07) is 0. The third-order valence-corrected chi connectivity index (χ3v) is 4.69. The highest BCUT2D eigenvalue weighted by atomic mass is 16.4. The number of rotatable bonds is 14. The summed E-state index contributed by atoms with van der Waals surface area (Å²) in [5.41, 5.74) is -0.460. The Bertz CT molecular complexity index is 467. The molecular weight excluding hydrogens is 342 g/mol. The number of hydrogen-bond acceptors (Lipinski definition) is 4. The molecule has 7 heteroatoms. The molecule has 1 saturated heterocycles. The first-order valence-electron chi connectivity index (χ1n) is 10.7. The fourth-order valence-corrected chi connectivity index (χ4v) is 3.43. The number of aliphatic carboxylic acids is 1. The van der Waals surface area contributed by atoms with Gasteiger partial charge in [-0.1, -0.05) is 58.8 Å². The average Bonchev–Trinajstić information content (AvgIpc) is 2.55. The van der Waals surface area contributed by atoms with Gasteiger partial charge >= 0.3 is 5.97 Å². The van der Waals surface area contributed by atoms with Crippen LogP contribution < -0.4 is 21.3 Å². The van der Waals surface area contributed by atoms with E-state index in [0.29, 0.717) is 5.96 Å². The van der Waals surface area contributed by atoms with Gasteiger partial charge in [0.2, 0.25) is 0 Å². The van der Waals surface area contributed by atoms with Crippen molar-refractivity contribution >= 4 is 11.9 Å². The Kier molecular flexibility index (Phi) is 10.7.